The van der Waals surface area contributed by atoms with Crippen LogP contribution >= 0.6 is 0 Å². The summed E-state index contributed by atoms with van der Waals surface area (Å²) in [6.45, 7) is 16.6. The molecule has 0 unspecified atom stereocenters. The van der Waals surface area contributed by atoms with Crippen molar-refractivity contribution in [1.29, 1.82) is 0 Å². The molecule has 22 heavy (non-hydrogen) atoms. The Labute approximate surface area is 137 Å². The van der Waals surface area contributed by atoms with Crippen LogP contribution in [0.1, 0.15) is 40.5 Å². The molecular formula is C17H33NO3Si. The summed E-state index contributed by atoms with van der Waals surface area (Å²) in [5, 5.41) is 1.30. The van der Waals surface area contributed by atoms with E-state index >= 15 is 0 Å². The molecule has 0 aromatic heterocycles. The Morgan fingerprint density at radius 3 is 2.32 bits per heavy atom. The zero-order valence-electron chi connectivity index (χ0n) is 15.5. The zero-order valence-corrected chi connectivity index (χ0v) is 16.5. The van der Waals surface area contributed by atoms with E-state index in [4.69, 9.17) is 9.26 Å². The van der Waals surface area contributed by atoms with Crippen molar-refractivity contribution in [2.45, 2.75) is 64.8 Å². The molecule has 0 saturated carbocycles. The van der Waals surface area contributed by atoms with Crippen LogP contribution in [0.4, 0.5) is 0 Å². The van der Waals surface area contributed by atoms with E-state index in [2.05, 4.69) is 46.5 Å². The van der Waals surface area contributed by atoms with Gasteiger partial charge in [-0.3, -0.25) is 9.63 Å². The normalized spacial score (nSPS) is 14.6. The molecule has 0 saturated heterocycles. The number of likely N-dealkylation sites (N-methyl/N-ethyl adjacent to an activating group) is 1. The smallest absolute Gasteiger partial charge is 0.274 e. The molecule has 0 bridgehead atoms. The number of carbonyl (C=O) groups excluding carboxylic acids is 1. The second-order valence-electron chi connectivity index (χ2n) is 7.16. The molecule has 1 atom stereocenters. The van der Waals surface area contributed by atoms with Gasteiger partial charge in [0.25, 0.3) is 5.91 Å². The lowest BCUT2D eigenvalue weighted by Crippen LogP contribution is -2.48. The highest BCUT2D eigenvalue weighted by atomic mass is 28.4. The number of hydrogen-bond acceptors (Lipinski definition) is 3. The molecule has 1 amide bonds. The first-order valence-electron chi connectivity index (χ1n) is 7.72. The van der Waals surface area contributed by atoms with Crippen LogP contribution in [0.3, 0.4) is 0 Å². The van der Waals surface area contributed by atoms with Gasteiger partial charge in [-0.05, 0) is 37.9 Å². The molecule has 0 aliphatic carbocycles. The van der Waals surface area contributed by atoms with Crippen molar-refractivity contribution in [3.63, 3.8) is 0 Å². The number of amides is 1. The predicted molar refractivity (Wildman–Crippen MR) is 95.0 cm³/mol. The third kappa shape index (κ3) is 6.46. The highest BCUT2D eigenvalue weighted by Gasteiger charge is 2.41. The van der Waals surface area contributed by atoms with Gasteiger partial charge in [0.1, 0.15) is 6.10 Å². The average Bonchev–Trinajstić information content (AvgIpc) is 2.40. The van der Waals surface area contributed by atoms with E-state index in [-0.39, 0.29) is 10.9 Å². The average molecular weight is 328 g/mol. The number of allylic oxidation sites excluding steroid dienone is 2. The quantitative estimate of drug-likeness (QED) is 0.379. The van der Waals surface area contributed by atoms with E-state index in [1.165, 1.54) is 17.7 Å². The first-order chi connectivity index (χ1) is 9.96. The third-order valence-corrected chi connectivity index (χ3v) is 8.74. The van der Waals surface area contributed by atoms with E-state index in [0.29, 0.717) is 6.42 Å². The highest BCUT2D eigenvalue weighted by Crippen LogP contribution is 2.37. The molecule has 0 aliphatic rings. The van der Waals surface area contributed by atoms with Crippen LogP contribution in [0, 0.1) is 0 Å². The molecular weight excluding hydrogens is 294 g/mol. The van der Waals surface area contributed by atoms with E-state index < -0.39 is 14.4 Å². The van der Waals surface area contributed by atoms with Crippen LogP contribution in [-0.2, 0) is 14.1 Å². The van der Waals surface area contributed by atoms with Crippen molar-refractivity contribution in [3.8, 4) is 0 Å². The predicted octanol–water partition coefficient (Wildman–Crippen LogP) is 4.31. The van der Waals surface area contributed by atoms with Gasteiger partial charge in [0.05, 0.1) is 7.11 Å². The first-order valence-corrected chi connectivity index (χ1v) is 10.6. The van der Waals surface area contributed by atoms with E-state index in [1.54, 1.807) is 7.05 Å². The Hall–Kier alpha value is -0.913. The highest BCUT2D eigenvalue weighted by molar-refractivity contribution is 6.74. The number of carbonyl (C=O) groups is 1. The fourth-order valence-corrected chi connectivity index (χ4v) is 2.91. The van der Waals surface area contributed by atoms with Gasteiger partial charge in [-0.1, -0.05) is 38.5 Å². The summed E-state index contributed by atoms with van der Waals surface area (Å²) in [4.78, 5) is 17.5. The molecule has 0 spiro atoms. The molecule has 0 radical (unpaired) electrons. The lowest BCUT2D eigenvalue weighted by molar-refractivity contribution is -0.176. The van der Waals surface area contributed by atoms with E-state index in [0.717, 1.165) is 6.42 Å². The van der Waals surface area contributed by atoms with Crippen molar-refractivity contribution in [2.24, 2.45) is 0 Å². The number of rotatable bonds is 8. The minimum absolute atomic E-state index is 0.0526. The standard InChI is InChI=1S/C17H33NO3Si/c1-10-11-14(2)12-13-15(16(19)18(6)20-7)21-22(8,9)17(3,4)5/h10,12,15H,1,11,13H2,2-9H3/b14-12-/t15-/m0/s1. The molecule has 0 aliphatic heterocycles. The maximum absolute atomic E-state index is 12.5. The van der Waals surface area contributed by atoms with Gasteiger partial charge < -0.3 is 4.43 Å². The Kier molecular flexibility index (Phi) is 8.29. The largest absolute Gasteiger partial charge is 0.405 e. The molecule has 5 heteroatoms. The first kappa shape index (κ1) is 21.1. The van der Waals surface area contributed by atoms with Crippen LogP contribution in [0.25, 0.3) is 0 Å². The van der Waals surface area contributed by atoms with Gasteiger partial charge in [0.15, 0.2) is 8.32 Å². The maximum Gasteiger partial charge on any atom is 0.274 e. The number of nitrogens with zero attached hydrogens (tertiary/aromatic N) is 1. The Morgan fingerprint density at radius 2 is 1.91 bits per heavy atom. The number of hydrogen-bond donors (Lipinski definition) is 0. The molecule has 0 heterocycles. The fourth-order valence-electron chi connectivity index (χ4n) is 1.64. The summed E-state index contributed by atoms with van der Waals surface area (Å²) in [5.74, 6) is -0.144. The summed E-state index contributed by atoms with van der Waals surface area (Å²) in [7, 11) is 1.07. The summed E-state index contributed by atoms with van der Waals surface area (Å²) in [6, 6.07) is 0. The van der Waals surface area contributed by atoms with Gasteiger partial charge in [0, 0.05) is 7.05 Å². The summed E-state index contributed by atoms with van der Waals surface area (Å²) >= 11 is 0. The Balaban J connectivity index is 5.22. The topological polar surface area (TPSA) is 38.8 Å². The SMILES string of the molecule is C=CC/C(C)=C\C[C@H](O[Si](C)(C)C(C)(C)C)C(=O)N(C)OC. The minimum atomic E-state index is -2.03. The number of hydroxylamine groups is 2. The van der Waals surface area contributed by atoms with Gasteiger partial charge in [0.2, 0.25) is 0 Å². The molecule has 4 nitrogen and oxygen atoms in total. The second-order valence-corrected chi connectivity index (χ2v) is 11.9. The zero-order chi connectivity index (χ0) is 17.6. The van der Waals surface area contributed by atoms with Crippen LogP contribution in [-0.4, -0.2) is 39.5 Å². The lowest BCUT2D eigenvalue weighted by atomic mass is 10.1. The van der Waals surface area contributed by atoms with Crippen LogP contribution < -0.4 is 0 Å². The second kappa shape index (κ2) is 8.65. The summed E-state index contributed by atoms with van der Waals surface area (Å²) in [6.07, 6.45) is 4.78. The third-order valence-electron chi connectivity index (χ3n) is 4.25. The van der Waals surface area contributed by atoms with E-state index in [1.807, 2.05) is 13.0 Å². The molecule has 0 rings (SSSR count). The van der Waals surface area contributed by atoms with Gasteiger partial charge in [-0.15, -0.1) is 6.58 Å². The Bertz CT molecular complexity index is 411. The monoisotopic (exact) mass is 327 g/mol. The van der Waals surface area contributed by atoms with Gasteiger partial charge in [-0.2, -0.15) is 0 Å². The van der Waals surface area contributed by atoms with Crippen molar-refractivity contribution >= 4 is 14.2 Å². The fraction of sp³-hybridized carbons (Fsp3) is 0.706. The maximum atomic E-state index is 12.5. The summed E-state index contributed by atoms with van der Waals surface area (Å²) < 4.78 is 6.31. The van der Waals surface area contributed by atoms with Crippen molar-refractivity contribution in [2.75, 3.05) is 14.2 Å². The van der Waals surface area contributed by atoms with Crippen molar-refractivity contribution in [1.82, 2.24) is 5.06 Å². The summed E-state index contributed by atoms with van der Waals surface area (Å²) in [5.41, 5.74) is 1.19. The lowest BCUT2D eigenvalue weighted by Gasteiger charge is -2.39. The van der Waals surface area contributed by atoms with Crippen LogP contribution in [0.5, 0.6) is 0 Å². The molecule has 0 aromatic rings. The Morgan fingerprint density at radius 1 is 1.36 bits per heavy atom. The van der Waals surface area contributed by atoms with Gasteiger partial charge in [-0.25, -0.2) is 5.06 Å². The molecule has 0 N–H and O–H groups in total. The molecule has 128 valence electrons. The molecule has 0 fully saturated rings. The minimum Gasteiger partial charge on any atom is -0.405 e. The van der Waals surface area contributed by atoms with Crippen molar-refractivity contribution < 1.29 is 14.1 Å². The van der Waals surface area contributed by atoms with Crippen LogP contribution in [0.15, 0.2) is 24.3 Å². The van der Waals surface area contributed by atoms with Crippen LogP contribution in [0.2, 0.25) is 18.1 Å². The van der Waals surface area contributed by atoms with Gasteiger partial charge >= 0.3 is 0 Å². The molecule has 0 aromatic carbocycles. The van der Waals surface area contributed by atoms with Crippen molar-refractivity contribution in [3.05, 3.63) is 24.3 Å². The van der Waals surface area contributed by atoms with E-state index in [9.17, 15) is 4.79 Å².